The standard InChI is InChI=1S/C15H18O2/c1-3-7-11(4-2)13-10-12-8-5-6-9-14(12)17-15(13)16/h5-6,8-11H,3-4,7H2,1-2H3. The molecule has 0 radical (unpaired) electrons. The van der Waals surface area contributed by atoms with Crippen LogP contribution in [0.5, 0.6) is 0 Å². The lowest BCUT2D eigenvalue weighted by Gasteiger charge is -2.12. The fraction of sp³-hybridized carbons (Fsp3) is 0.400. The molecule has 0 aliphatic rings. The number of benzene rings is 1. The van der Waals surface area contributed by atoms with Crippen LogP contribution in [0.25, 0.3) is 11.0 Å². The van der Waals surface area contributed by atoms with E-state index in [1.54, 1.807) is 0 Å². The lowest BCUT2D eigenvalue weighted by atomic mass is 9.93. The van der Waals surface area contributed by atoms with Crippen LogP contribution in [-0.2, 0) is 0 Å². The molecule has 0 saturated carbocycles. The van der Waals surface area contributed by atoms with Gasteiger partial charge in [-0.2, -0.15) is 0 Å². The molecule has 0 N–H and O–H groups in total. The summed E-state index contributed by atoms with van der Waals surface area (Å²) >= 11 is 0. The van der Waals surface area contributed by atoms with Crippen LogP contribution in [0.1, 0.15) is 44.6 Å². The van der Waals surface area contributed by atoms with Crippen LogP contribution in [0, 0.1) is 0 Å². The highest BCUT2D eigenvalue weighted by atomic mass is 16.4. The van der Waals surface area contributed by atoms with E-state index in [9.17, 15) is 4.79 Å². The minimum absolute atomic E-state index is 0.177. The predicted molar refractivity (Wildman–Crippen MR) is 70.4 cm³/mol. The van der Waals surface area contributed by atoms with Crippen molar-refractivity contribution < 1.29 is 4.42 Å². The van der Waals surface area contributed by atoms with E-state index in [1.807, 2.05) is 30.3 Å². The Morgan fingerprint density at radius 1 is 1.24 bits per heavy atom. The molecule has 1 atom stereocenters. The van der Waals surface area contributed by atoms with Crippen molar-refractivity contribution in [2.45, 2.75) is 39.0 Å². The van der Waals surface area contributed by atoms with Crippen molar-refractivity contribution in [3.63, 3.8) is 0 Å². The summed E-state index contributed by atoms with van der Waals surface area (Å²) in [6.45, 7) is 4.26. The van der Waals surface area contributed by atoms with E-state index in [0.29, 0.717) is 11.5 Å². The summed E-state index contributed by atoms with van der Waals surface area (Å²) in [7, 11) is 0. The fourth-order valence-corrected chi connectivity index (χ4v) is 2.29. The molecule has 17 heavy (non-hydrogen) atoms. The van der Waals surface area contributed by atoms with Gasteiger partial charge in [-0.25, -0.2) is 4.79 Å². The van der Waals surface area contributed by atoms with Crippen LogP contribution < -0.4 is 5.63 Å². The first-order chi connectivity index (χ1) is 8.26. The molecule has 2 heteroatoms. The van der Waals surface area contributed by atoms with Gasteiger partial charge in [-0.05, 0) is 30.9 Å². The Hall–Kier alpha value is -1.57. The molecule has 0 fully saturated rings. The van der Waals surface area contributed by atoms with Gasteiger partial charge < -0.3 is 4.42 Å². The van der Waals surface area contributed by atoms with Gasteiger partial charge in [0.2, 0.25) is 0 Å². The van der Waals surface area contributed by atoms with E-state index >= 15 is 0 Å². The van der Waals surface area contributed by atoms with Crippen molar-refractivity contribution in [1.29, 1.82) is 0 Å². The molecule has 2 nitrogen and oxygen atoms in total. The molecule has 0 bridgehead atoms. The molecule has 0 aliphatic heterocycles. The van der Waals surface area contributed by atoms with Gasteiger partial charge in [-0.15, -0.1) is 0 Å². The highest BCUT2D eigenvalue weighted by molar-refractivity contribution is 5.76. The molecule has 0 amide bonds. The molecule has 0 aliphatic carbocycles. The maximum absolute atomic E-state index is 11.9. The number of hydrogen-bond donors (Lipinski definition) is 0. The molecule has 90 valence electrons. The third-order valence-corrected chi connectivity index (χ3v) is 3.24. The summed E-state index contributed by atoms with van der Waals surface area (Å²) < 4.78 is 5.37. The van der Waals surface area contributed by atoms with Gasteiger partial charge in [-0.1, -0.05) is 38.5 Å². The average Bonchev–Trinajstić information content (AvgIpc) is 2.35. The Balaban J connectivity index is 2.53. The Kier molecular flexibility index (Phi) is 3.62. The molecule has 1 aromatic carbocycles. The molecular formula is C15H18O2. The minimum Gasteiger partial charge on any atom is -0.423 e. The van der Waals surface area contributed by atoms with Crippen LogP contribution in [-0.4, -0.2) is 0 Å². The maximum atomic E-state index is 11.9. The maximum Gasteiger partial charge on any atom is 0.339 e. The minimum atomic E-state index is -0.177. The first-order valence-electron chi connectivity index (χ1n) is 6.29. The van der Waals surface area contributed by atoms with E-state index < -0.39 is 0 Å². The van der Waals surface area contributed by atoms with E-state index in [-0.39, 0.29) is 5.63 Å². The van der Waals surface area contributed by atoms with Gasteiger partial charge in [0, 0.05) is 10.9 Å². The zero-order chi connectivity index (χ0) is 12.3. The van der Waals surface area contributed by atoms with Gasteiger partial charge >= 0.3 is 5.63 Å². The Morgan fingerprint density at radius 3 is 2.71 bits per heavy atom. The van der Waals surface area contributed by atoms with Crippen LogP contribution in [0.4, 0.5) is 0 Å². The van der Waals surface area contributed by atoms with Gasteiger partial charge in [0.15, 0.2) is 0 Å². The lowest BCUT2D eigenvalue weighted by Crippen LogP contribution is -2.12. The number of para-hydroxylation sites is 1. The number of fused-ring (bicyclic) bond motifs is 1. The highest BCUT2D eigenvalue weighted by Gasteiger charge is 2.14. The van der Waals surface area contributed by atoms with Crippen molar-refractivity contribution in [1.82, 2.24) is 0 Å². The summed E-state index contributed by atoms with van der Waals surface area (Å²) in [5.74, 6) is 0.320. The molecule has 1 heterocycles. The second-order valence-corrected chi connectivity index (χ2v) is 4.42. The number of hydrogen-bond acceptors (Lipinski definition) is 2. The van der Waals surface area contributed by atoms with Crippen molar-refractivity contribution in [3.8, 4) is 0 Å². The molecule has 0 saturated heterocycles. The van der Waals surface area contributed by atoms with Gasteiger partial charge in [0.05, 0.1) is 0 Å². The van der Waals surface area contributed by atoms with Crippen LogP contribution in [0.15, 0.2) is 39.5 Å². The first-order valence-corrected chi connectivity index (χ1v) is 6.29. The molecule has 2 rings (SSSR count). The largest absolute Gasteiger partial charge is 0.423 e. The van der Waals surface area contributed by atoms with Gasteiger partial charge in [0.1, 0.15) is 5.58 Å². The van der Waals surface area contributed by atoms with Crippen molar-refractivity contribution in [2.75, 3.05) is 0 Å². The smallest absolute Gasteiger partial charge is 0.339 e. The summed E-state index contributed by atoms with van der Waals surface area (Å²) in [5.41, 5.74) is 1.32. The second kappa shape index (κ2) is 5.17. The van der Waals surface area contributed by atoms with Crippen molar-refractivity contribution >= 4 is 11.0 Å². The van der Waals surface area contributed by atoms with E-state index in [4.69, 9.17) is 4.42 Å². The van der Waals surface area contributed by atoms with Crippen molar-refractivity contribution in [2.24, 2.45) is 0 Å². The third kappa shape index (κ3) is 2.41. The lowest BCUT2D eigenvalue weighted by molar-refractivity contribution is 0.515. The van der Waals surface area contributed by atoms with E-state index in [1.165, 1.54) is 0 Å². The predicted octanol–water partition coefficient (Wildman–Crippen LogP) is 4.09. The summed E-state index contributed by atoms with van der Waals surface area (Å²) in [5, 5.41) is 1.01. The zero-order valence-electron chi connectivity index (χ0n) is 10.4. The fourth-order valence-electron chi connectivity index (χ4n) is 2.29. The van der Waals surface area contributed by atoms with Gasteiger partial charge in [-0.3, -0.25) is 0 Å². The zero-order valence-corrected chi connectivity index (χ0v) is 10.4. The third-order valence-electron chi connectivity index (χ3n) is 3.24. The normalized spacial score (nSPS) is 12.8. The average molecular weight is 230 g/mol. The summed E-state index contributed by atoms with van der Waals surface area (Å²) in [6.07, 6.45) is 3.11. The highest BCUT2D eigenvalue weighted by Crippen LogP contribution is 2.24. The Labute approximate surface area is 101 Å². The van der Waals surface area contributed by atoms with Crippen LogP contribution in [0.2, 0.25) is 0 Å². The van der Waals surface area contributed by atoms with Crippen LogP contribution >= 0.6 is 0 Å². The Bertz CT molecular complexity index is 554. The molecule has 2 aromatic rings. The molecule has 1 aromatic heterocycles. The van der Waals surface area contributed by atoms with E-state index in [2.05, 4.69) is 13.8 Å². The topological polar surface area (TPSA) is 30.2 Å². The second-order valence-electron chi connectivity index (χ2n) is 4.42. The number of rotatable bonds is 4. The van der Waals surface area contributed by atoms with Crippen molar-refractivity contribution in [3.05, 3.63) is 46.3 Å². The summed E-state index contributed by atoms with van der Waals surface area (Å²) in [4.78, 5) is 11.9. The monoisotopic (exact) mass is 230 g/mol. The quantitative estimate of drug-likeness (QED) is 0.740. The first kappa shape index (κ1) is 11.9. The van der Waals surface area contributed by atoms with Crippen LogP contribution in [0.3, 0.4) is 0 Å². The summed E-state index contributed by atoms with van der Waals surface area (Å²) in [6, 6.07) is 9.66. The molecule has 1 unspecified atom stereocenters. The SMILES string of the molecule is CCCC(CC)c1cc2ccccc2oc1=O. The molecule has 0 spiro atoms. The van der Waals surface area contributed by atoms with E-state index in [0.717, 1.165) is 30.2 Å². The Morgan fingerprint density at radius 2 is 2.00 bits per heavy atom. The molecular weight excluding hydrogens is 212 g/mol. The van der Waals surface area contributed by atoms with Gasteiger partial charge in [0.25, 0.3) is 0 Å².